The first-order chi connectivity index (χ1) is 26.3. The van der Waals surface area contributed by atoms with Gasteiger partial charge in [-0.3, -0.25) is 4.57 Å². The number of hydrogen-bond donors (Lipinski definition) is 0. The Hall–Kier alpha value is -6.71. The summed E-state index contributed by atoms with van der Waals surface area (Å²) < 4.78 is 8.76. The van der Waals surface area contributed by atoms with Gasteiger partial charge in [0.1, 0.15) is 17.0 Å². The molecule has 0 saturated heterocycles. The Labute approximate surface area is 307 Å². The normalized spacial score (nSPS) is 16.2. The zero-order valence-corrected chi connectivity index (χ0v) is 28.9. The van der Waals surface area contributed by atoms with Gasteiger partial charge in [-0.15, -0.1) is 0 Å². The van der Waals surface area contributed by atoms with E-state index < -0.39 is 5.41 Å². The van der Waals surface area contributed by atoms with Gasteiger partial charge in [-0.05, 0) is 105 Å². The highest BCUT2D eigenvalue weighted by Gasteiger charge is 2.52. The molecule has 0 aliphatic heterocycles. The molecule has 0 bridgehead atoms. The van der Waals surface area contributed by atoms with Gasteiger partial charge in [0.15, 0.2) is 0 Å². The number of benzene rings is 7. The summed E-state index contributed by atoms with van der Waals surface area (Å²) in [6, 6.07) is 57.7. The number of furan rings is 1. The van der Waals surface area contributed by atoms with Crippen LogP contribution in [0.5, 0.6) is 0 Å². The van der Waals surface area contributed by atoms with E-state index in [2.05, 4.69) is 174 Å². The lowest BCUT2D eigenvalue weighted by Gasteiger charge is -2.30. The van der Waals surface area contributed by atoms with Gasteiger partial charge in [-0.2, -0.15) is 0 Å². The molecule has 2 aromatic heterocycles. The molecule has 0 amide bonds. The first-order valence-electron chi connectivity index (χ1n) is 18.5. The van der Waals surface area contributed by atoms with Crippen molar-refractivity contribution in [2.24, 2.45) is 0 Å². The summed E-state index contributed by atoms with van der Waals surface area (Å²) in [5.74, 6) is 0.986. The van der Waals surface area contributed by atoms with Gasteiger partial charge < -0.3 is 4.42 Å². The highest BCUT2D eigenvalue weighted by atomic mass is 16.3. The lowest BCUT2D eigenvalue weighted by Crippen LogP contribution is -2.25. The maximum absolute atomic E-state index is 6.45. The Morgan fingerprint density at radius 1 is 0.547 bits per heavy atom. The van der Waals surface area contributed by atoms with E-state index in [9.17, 15) is 0 Å². The third-order valence-electron chi connectivity index (χ3n) is 11.9. The lowest BCUT2D eigenvalue weighted by molar-refractivity contribution is 0.668. The number of para-hydroxylation sites is 2. The number of aryl methyl sites for hydroxylation is 1. The van der Waals surface area contributed by atoms with E-state index in [4.69, 9.17) is 9.40 Å². The van der Waals surface area contributed by atoms with E-state index in [0.29, 0.717) is 0 Å². The van der Waals surface area contributed by atoms with Gasteiger partial charge in [0, 0.05) is 22.0 Å². The van der Waals surface area contributed by atoms with E-state index in [1.165, 1.54) is 66.7 Å². The maximum Gasteiger partial charge on any atom is 0.145 e. The number of fused-ring (bicyclic) bond motifs is 15. The summed E-state index contributed by atoms with van der Waals surface area (Å²) >= 11 is 0. The fourth-order valence-corrected chi connectivity index (χ4v) is 9.71. The molecule has 3 aliphatic carbocycles. The van der Waals surface area contributed by atoms with Gasteiger partial charge >= 0.3 is 0 Å². The van der Waals surface area contributed by atoms with Crippen LogP contribution in [0, 0.1) is 0 Å². The van der Waals surface area contributed by atoms with Crippen molar-refractivity contribution in [2.75, 3.05) is 0 Å². The Kier molecular flexibility index (Phi) is 5.82. The molecular formula is C50H32N2O. The fraction of sp³-hybridized carbons (Fsp3) is 0.0600. The van der Waals surface area contributed by atoms with Crippen LogP contribution in [0.2, 0.25) is 0 Å². The van der Waals surface area contributed by atoms with E-state index in [1.807, 2.05) is 0 Å². The van der Waals surface area contributed by atoms with Gasteiger partial charge in [0.25, 0.3) is 0 Å². The van der Waals surface area contributed by atoms with Crippen LogP contribution in [0.25, 0.3) is 78.5 Å². The summed E-state index contributed by atoms with van der Waals surface area (Å²) in [5, 5.41) is 2.36. The molecule has 1 atom stereocenters. The zero-order chi connectivity index (χ0) is 34.7. The molecule has 2 heterocycles. The van der Waals surface area contributed by atoms with Crippen LogP contribution in [0.4, 0.5) is 0 Å². The summed E-state index contributed by atoms with van der Waals surface area (Å²) in [5.41, 5.74) is 18.9. The molecule has 0 N–H and O–H groups in total. The quantitative estimate of drug-likeness (QED) is 0.186. The van der Waals surface area contributed by atoms with Crippen molar-refractivity contribution in [2.45, 2.75) is 18.3 Å². The first kappa shape index (κ1) is 28.9. The number of hydrogen-bond acceptors (Lipinski definition) is 2. The van der Waals surface area contributed by atoms with Crippen molar-refractivity contribution in [3.63, 3.8) is 0 Å². The third kappa shape index (κ3) is 3.81. The van der Waals surface area contributed by atoms with Crippen molar-refractivity contribution >= 4 is 28.0 Å². The Balaban J connectivity index is 1.05. The Morgan fingerprint density at radius 3 is 2.11 bits per heavy atom. The van der Waals surface area contributed by atoms with Crippen molar-refractivity contribution in [3.8, 4) is 50.5 Å². The summed E-state index contributed by atoms with van der Waals surface area (Å²) in [4.78, 5) is 5.20. The topological polar surface area (TPSA) is 31.0 Å². The van der Waals surface area contributed by atoms with Crippen molar-refractivity contribution in [1.82, 2.24) is 9.55 Å². The molecule has 7 aromatic carbocycles. The van der Waals surface area contributed by atoms with Crippen LogP contribution in [0.1, 0.15) is 40.1 Å². The van der Waals surface area contributed by atoms with Crippen LogP contribution >= 0.6 is 0 Å². The SMILES string of the molecule is C1=Cc2c(nc(-c3ccc(-c4ccc5c(c4)C4(c6ccccc6-5)c5ccccc5-c5c4ccc4oc6ccccc6c54)cc3)n2-c2ccccc2)CC1. The fourth-order valence-electron chi connectivity index (χ4n) is 9.71. The van der Waals surface area contributed by atoms with Crippen LogP contribution in [0.3, 0.4) is 0 Å². The molecular weight excluding hydrogens is 645 g/mol. The molecule has 1 unspecified atom stereocenters. The lowest BCUT2D eigenvalue weighted by atomic mass is 9.70. The predicted molar refractivity (Wildman–Crippen MR) is 215 cm³/mol. The number of allylic oxidation sites excluding steroid dienone is 1. The van der Waals surface area contributed by atoms with Gasteiger partial charge in [0.2, 0.25) is 0 Å². The molecule has 0 radical (unpaired) electrons. The minimum absolute atomic E-state index is 0.451. The summed E-state index contributed by atoms with van der Waals surface area (Å²) in [7, 11) is 0. The average Bonchev–Trinajstić information content (AvgIpc) is 3.96. The average molecular weight is 677 g/mol. The molecule has 3 aliphatic rings. The first-order valence-corrected chi connectivity index (χ1v) is 18.5. The van der Waals surface area contributed by atoms with Crippen LogP contribution in [-0.4, -0.2) is 9.55 Å². The van der Waals surface area contributed by atoms with E-state index in [-0.39, 0.29) is 0 Å². The van der Waals surface area contributed by atoms with E-state index in [0.717, 1.165) is 52.2 Å². The maximum atomic E-state index is 6.45. The van der Waals surface area contributed by atoms with Crippen molar-refractivity contribution in [3.05, 3.63) is 197 Å². The van der Waals surface area contributed by atoms with Crippen molar-refractivity contribution < 1.29 is 4.42 Å². The van der Waals surface area contributed by atoms with Crippen LogP contribution < -0.4 is 0 Å². The number of rotatable bonds is 3. The molecule has 0 saturated carbocycles. The Bertz CT molecular complexity index is 3000. The summed E-state index contributed by atoms with van der Waals surface area (Å²) in [6.45, 7) is 0. The predicted octanol–water partition coefficient (Wildman–Crippen LogP) is 12.4. The van der Waals surface area contributed by atoms with Gasteiger partial charge in [0.05, 0.1) is 16.8 Å². The minimum Gasteiger partial charge on any atom is -0.456 e. The highest BCUT2D eigenvalue weighted by molar-refractivity contribution is 6.16. The third-order valence-corrected chi connectivity index (χ3v) is 11.9. The van der Waals surface area contributed by atoms with E-state index >= 15 is 0 Å². The second-order valence-corrected chi connectivity index (χ2v) is 14.5. The Morgan fingerprint density at radius 2 is 1.25 bits per heavy atom. The zero-order valence-electron chi connectivity index (χ0n) is 28.9. The van der Waals surface area contributed by atoms with Gasteiger partial charge in [-0.25, -0.2) is 4.98 Å². The smallest absolute Gasteiger partial charge is 0.145 e. The highest BCUT2D eigenvalue weighted by Crippen LogP contribution is 2.64. The van der Waals surface area contributed by atoms with Crippen molar-refractivity contribution in [1.29, 1.82) is 0 Å². The van der Waals surface area contributed by atoms with Gasteiger partial charge in [-0.1, -0.05) is 133 Å². The van der Waals surface area contributed by atoms with Crippen LogP contribution in [-0.2, 0) is 11.8 Å². The largest absolute Gasteiger partial charge is 0.456 e. The number of imidazole rings is 1. The molecule has 53 heavy (non-hydrogen) atoms. The summed E-state index contributed by atoms with van der Waals surface area (Å²) in [6.07, 6.45) is 6.48. The molecule has 3 heteroatoms. The molecule has 9 aromatic rings. The molecule has 248 valence electrons. The monoisotopic (exact) mass is 676 g/mol. The number of aromatic nitrogens is 2. The standard InChI is InChI=1S/C50H32N2O/c1-2-12-34(13-3-1)52-44-20-10-9-19-43(44)51-49(52)32-24-22-31(23-25-32)33-26-27-36-35-14-4-7-17-39(35)50(42(36)30-33)40-18-8-5-15-37(40)47-41(50)28-29-46-48(47)38-16-6-11-21-45(38)53-46/h1-8,10-18,20-30H,9,19H2. The second kappa shape index (κ2) is 10.7. The number of nitrogens with zero attached hydrogens (tertiary/aromatic N) is 2. The minimum atomic E-state index is -0.451. The van der Waals surface area contributed by atoms with E-state index in [1.54, 1.807) is 0 Å². The molecule has 0 fully saturated rings. The second-order valence-electron chi connectivity index (χ2n) is 14.5. The molecule has 1 spiro atoms. The molecule has 12 rings (SSSR count). The molecule has 3 nitrogen and oxygen atoms in total. The van der Waals surface area contributed by atoms with Crippen LogP contribution in [0.15, 0.2) is 168 Å².